The first-order valence-electron chi connectivity index (χ1n) is 9.03. The molecular formula is C20H19ClFN5O3. The van der Waals surface area contributed by atoms with Gasteiger partial charge in [0.1, 0.15) is 18.1 Å². The number of rotatable bonds is 8. The van der Waals surface area contributed by atoms with Crippen molar-refractivity contribution in [1.82, 2.24) is 15.2 Å². The first-order chi connectivity index (χ1) is 14.5. The highest BCUT2D eigenvalue weighted by atomic mass is 35.5. The van der Waals surface area contributed by atoms with Gasteiger partial charge in [-0.25, -0.2) is 14.3 Å². The summed E-state index contributed by atoms with van der Waals surface area (Å²) in [5, 5.41) is 10.4. The summed E-state index contributed by atoms with van der Waals surface area (Å²) in [7, 11) is 0. The Morgan fingerprint density at radius 2 is 2.10 bits per heavy atom. The Hall–Kier alpha value is -3.46. The molecular weight excluding hydrogens is 413 g/mol. The molecule has 0 aliphatic heterocycles. The third-order valence-electron chi connectivity index (χ3n) is 3.96. The zero-order valence-electron chi connectivity index (χ0n) is 16.3. The highest BCUT2D eigenvalue weighted by Gasteiger charge is 2.11. The molecule has 0 amide bonds. The lowest BCUT2D eigenvalue weighted by atomic mass is 10.2. The summed E-state index contributed by atoms with van der Waals surface area (Å²) < 4.78 is 25.3. The fraction of sp³-hybridized carbons (Fsp3) is 0.200. The fourth-order valence-electron chi connectivity index (χ4n) is 2.48. The number of hydrazone groups is 1. The van der Waals surface area contributed by atoms with Crippen LogP contribution in [0, 0.1) is 12.7 Å². The Kier molecular flexibility index (Phi) is 6.97. The van der Waals surface area contributed by atoms with Crippen LogP contribution in [0.2, 0.25) is 5.02 Å². The zero-order chi connectivity index (χ0) is 21.5. The minimum absolute atomic E-state index is 0.0406. The average molecular weight is 432 g/mol. The van der Waals surface area contributed by atoms with Crippen molar-refractivity contribution in [3.63, 3.8) is 0 Å². The molecule has 8 nitrogen and oxygen atoms in total. The number of hydrogen-bond donors (Lipinski definition) is 2. The van der Waals surface area contributed by atoms with Crippen LogP contribution in [0.25, 0.3) is 0 Å². The van der Waals surface area contributed by atoms with Gasteiger partial charge in [0, 0.05) is 5.56 Å². The second-order valence-electron chi connectivity index (χ2n) is 6.07. The maximum absolute atomic E-state index is 13.9. The summed E-state index contributed by atoms with van der Waals surface area (Å²) in [5.41, 5.74) is 3.57. The average Bonchev–Trinajstić information content (AvgIpc) is 2.72. The predicted octanol–water partition coefficient (Wildman–Crippen LogP) is 3.69. The molecule has 30 heavy (non-hydrogen) atoms. The van der Waals surface area contributed by atoms with Crippen LogP contribution in [0.15, 0.2) is 46.3 Å². The van der Waals surface area contributed by atoms with Crippen LogP contribution in [-0.2, 0) is 6.61 Å². The second-order valence-corrected chi connectivity index (χ2v) is 6.48. The summed E-state index contributed by atoms with van der Waals surface area (Å²) in [4.78, 5) is 15.0. The topological polar surface area (TPSA) is 101 Å². The number of aromatic nitrogens is 3. The molecule has 0 unspecified atom stereocenters. The van der Waals surface area contributed by atoms with E-state index in [4.69, 9.17) is 21.1 Å². The number of ether oxygens (including phenoxy) is 2. The lowest BCUT2D eigenvalue weighted by Gasteiger charge is -2.13. The molecule has 0 atom stereocenters. The van der Waals surface area contributed by atoms with Crippen molar-refractivity contribution < 1.29 is 13.9 Å². The van der Waals surface area contributed by atoms with Crippen LogP contribution >= 0.6 is 11.6 Å². The molecule has 2 aromatic carbocycles. The van der Waals surface area contributed by atoms with Crippen molar-refractivity contribution in [3.05, 3.63) is 74.5 Å². The minimum atomic E-state index is -0.576. The summed E-state index contributed by atoms with van der Waals surface area (Å²) in [6.45, 7) is 3.90. The Morgan fingerprint density at radius 3 is 2.87 bits per heavy atom. The summed E-state index contributed by atoms with van der Waals surface area (Å²) >= 11 is 6.04. The normalized spacial score (nSPS) is 10.9. The smallest absolute Gasteiger partial charge is 0.363 e. The van der Waals surface area contributed by atoms with Crippen LogP contribution in [-0.4, -0.2) is 28.0 Å². The van der Waals surface area contributed by atoms with Gasteiger partial charge in [0.2, 0.25) is 0 Å². The highest BCUT2D eigenvalue weighted by molar-refractivity contribution is 6.31. The van der Waals surface area contributed by atoms with Gasteiger partial charge in [-0.3, -0.25) is 5.43 Å². The molecule has 1 heterocycles. The number of hydrogen-bond acceptors (Lipinski definition) is 7. The molecule has 0 fully saturated rings. The van der Waals surface area contributed by atoms with E-state index in [1.165, 1.54) is 18.3 Å². The van der Waals surface area contributed by atoms with E-state index in [0.717, 1.165) is 0 Å². The van der Waals surface area contributed by atoms with Gasteiger partial charge >= 0.3 is 5.69 Å². The van der Waals surface area contributed by atoms with Crippen molar-refractivity contribution in [2.75, 3.05) is 12.0 Å². The molecule has 3 aromatic rings. The molecule has 0 saturated heterocycles. The van der Waals surface area contributed by atoms with E-state index in [1.807, 2.05) is 6.92 Å². The molecule has 0 bridgehead atoms. The summed E-state index contributed by atoms with van der Waals surface area (Å²) in [5.74, 6) is 0.730. The Labute approximate surface area is 176 Å². The van der Waals surface area contributed by atoms with Gasteiger partial charge in [-0.15, -0.1) is 0 Å². The fourth-order valence-corrected chi connectivity index (χ4v) is 2.70. The van der Waals surface area contributed by atoms with Crippen molar-refractivity contribution in [1.29, 1.82) is 0 Å². The van der Waals surface area contributed by atoms with Crippen molar-refractivity contribution in [2.45, 2.75) is 20.5 Å². The first kappa shape index (κ1) is 21.3. The molecule has 2 N–H and O–H groups in total. The Morgan fingerprint density at radius 1 is 1.27 bits per heavy atom. The van der Waals surface area contributed by atoms with E-state index in [-0.39, 0.29) is 18.0 Å². The van der Waals surface area contributed by atoms with Crippen LogP contribution in [0.3, 0.4) is 0 Å². The van der Waals surface area contributed by atoms with Crippen LogP contribution < -0.4 is 20.6 Å². The van der Waals surface area contributed by atoms with Gasteiger partial charge in [0.15, 0.2) is 17.3 Å². The number of nitrogens with one attached hydrogen (secondary N) is 2. The van der Waals surface area contributed by atoms with Gasteiger partial charge < -0.3 is 9.47 Å². The number of benzene rings is 2. The number of H-pyrrole nitrogens is 1. The van der Waals surface area contributed by atoms with Gasteiger partial charge in [0.05, 0.1) is 17.8 Å². The lowest BCUT2D eigenvalue weighted by molar-refractivity contribution is 0.266. The third kappa shape index (κ3) is 5.32. The monoisotopic (exact) mass is 431 g/mol. The van der Waals surface area contributed by atoms with Gasteiger partial charge in [-0.2, -0.15) is 15.2 Å². The number of aromatic amines is 1. The lowest BCUT2D eigenvalue weighted by Crippen LogP contribution is -2.15. The molecule has 0 radical (unpaired) electrons. The maximum Gasteiger partial charge on any atom is 0.363 e. The molecule has 0 spiro atoms. The zero-order valence-corrected chi connectivity index (χ0v) is 17.0. The van der Waals surface area contributed by atoms with Crippen molar-refractivity contribution in [3.8, 4) is 11.5 Å². The van der Waals surface area contributed by atoms with E-state index in [2.05, 4.69) is 25.7 Å². The molecule has 1 aromatic heterocycles. The first-order valence-corrected chi connectivity index (χ1v) is 9.40. The summed E-state index contributed by atoms with van der Waals surface area (Å²) in [6.07, 6.45) is 1.53. The van der Waals surface area contributed by atoms with E-state index in [1.54, 1.807) is 31.2 Å². The van der Waals surface area contributed by atoms with Crippen LogP contribution in [0.5, 0.6) is 11.5 Å². The highest BCUT2D eigenvalue weighted by Crippen LogP contribution is 2.30. The van der Waals surface area contributed by atoms with Gasteiger partial charge in [0.25, 0.3) is 0 Å². The number of halogens is 2. The van der Waals surface area contributed by atoms with E-state index < -0.39 is 11.5 Å². The van der Waals surface area contributed by atoms with E-state index in [9.17, 15) is 9.18 Å². The Bertz CT molecular complexity index is 1100. The standard InChI is InChI=1S/C20H19ClFN5O3/c1-3-29-18-9-13(10-23-26-19-12(2)25-27-20(28)24-19)7-8-17(18)30-11-14-15(21)5-4-6-16(14)22/h4-10H,3,11H2,1-2H3,(H2,24,26,27,28)/b23-10-. The molecule has 0 aliphatic carbocycles. The quantitative estimate of drug-likeness (QED) is 0.416. The van der Waals surface area contributed by atoms with Gasteiger partial charge in [-0.05, 0) is 49.7 Å². The van der Waals surface area contributed by atoms with Crippen LogP contribution in [0.4, 0.5) is 10.2 Å². The number of nitrogens with zero attached hydrogens (tertiary/aromatic N) is 3. The van der Waals surface area contributed by atoms with Crippen molar-refractivity contribution >= 4 is 23.6 Å². The number of aryl methyl sites for hydroxylation is 1. The minimum Gasteiger partial charge on any atom is -0.490 e. The van der Waals surface area contributed by atoms with Crippen LogP contribution in [0.1, 0.15) is 23.7 Å². The second kappa shape index (κ2) is 9.84. The van der Waals surface area contributed by atoms with E-state index in [0.29, 0.717) is 34.4 Å². The molecule has 156 valence electrons. The predicted molar refractivity (Wildman–Crippen MR) is 112 cm³/mol. The van der Waals surface area contributed by atoms with Gasteiger partial charge in [-0.1, -0.05) is 17.7 Å². The number of anilines is 1. The molecule has 10 heteroatoms. The third-order valence-corrected chi connectivity index (χ3v) is 4.31. The SMILES string of the molecule is CCOc1cc(/C=N\Nc2nc(=O)[nH]nc2C)ccc1OCc1c(F)cccc1Cl. The molecule has 0 saturated carbocycles. The maximum atomic E-state index is 13.9. The Balaban J connectivity index is 1.74. The summed E-state index contributed by atoms with van der Waals surface area (Å²) in [6, 6.07) is 9.64. The molecule has 0 aliphatic rings. The largest absolute Gasteiger partial charge is 0.490 e. The van der Waals surface area contributed by atoms with E-state index >= 15 is 0 Å². The van der Waals surface area contributed by atoms with Crippen molar-refractivity contribution in [2.24, 2.45) is 5.10 Å². The molecule has 3 rings (SSSR count).